The van der Waals surface area contributed by atoms with Crippen LogP contribution in [-0.2, 0) is 17.9 Å². The van der Waals surface area contributed by atoms with Gasteiger partial charge in [-0.3, -0.25) is 4.79 Å². The smallest absolute Gasteiger partial charge is 0.358 e. The molecule has 2 aromatic rings. The van der Waals surface area contributed by atoms with E-state index in [0.717, 1.165) is 5.56 Å². The van der Waals surface area contributed by atoms with Gasteiger partial charge in [-0.25, -0.2) is 0 Å². The quantitative estimate of drug-likeness (QED) is 0.597. The van der Waals surface area contributed by atoms with Crippen LogP contribution < -0.4 is 0 Å². The van der Waals surface area contributed by atoms with Crippen molar-refractivity contribution in [2.24, 2.45) is 0 Å². The average Bonchev–Trinajstić information content (AvgIpc) is 3.01. The number of rotatable bonds is 6. The topological polar surface area (TPSA) is 105 Å². The van der Waals surface area contributed by atoms with Crippen LogP contribution in [0.1, 0.15) is 25.0 Å². The minimum atomic E-state index is -0.599. The van der Waals surface area contributed by atoms with Crippen molar-refractivity contribution in [1.82, 2.24) is 14.7 Å². The van der Waals surface area contributed by atoms with Gasteiger partial charge in [0.1, 0.15) is 6.54 Å². The second-order valence-electron chi connectivity index (χ2n) is 5.55. The minimum absolute atomic E-state index is 0.0429. The summed E-state index contributed by atoms with van der Waals surface area (Å²) in [5.41, 5.74) is 1.47. The molecule has 1 amide bonds. The van der Waals surface area contributed by atoms with Gasteiger partial charge in [0.05, 0.1) is 29.0 Å². The summed E-state index contributed by atoms with van der Waals surface area (Å²) in [4.78, 5) is 24.2. The number of hydrogen-bond acceptors (Lipinski definition) is 5. The number of hydrogen-bond donors (Lipinski definition) is 0. The summed E-state index contributed by atoms with van der Waals surface area (Å²) in [5.74, 6) is -0.474. The predicted octanol–water partition coefficient (Wildman–Crippen LogP) is 2.10. The number of aromatic nitrogens is 2. The molecule has 0 aliphatic heterocycles. The van der Waals surface area contributed by atoms with Crippen LogP contribution in [0.3, 0.4) is 0 Å². The van der Waals surface area contributed by atoms with Gasteiger partial charge in [-0.2, -0.15) is 9.94 Å². The van der Waals surface area contributed by atoms with Gasteiger partial charge in [-0.1, -0.05) is 12.1 Å². The summed E-state index contributed by atoms with van der Waals surface area (Å²) >= 11 is 0. The van der Waals surface area contributed by atoms with Crippen molar-refractivity contribution >= 4 is 11.7 Å². The van der Waals surface area contributed by atoms with E-state index in [2.05, 4.69) is 5.10 Å². The summed E-state index contributed by atoms with van der Waals surface area (Å²) in [5, 5.41) is 23.2. The van der Waals surface area contributed by atoms with Gasteiger partial charge < -0.3 is 15.0 Å². The summed E-state index contributed by atoms with van der Waals surface area (Å²) in [7, 11) is 0. The molecule has 0 unspecified atom stereocenters. The highest BCUT2D eigenvalue weighted by Gasteiger charge is 2.20. The monoisotopic (exact) mass is 327 g/mol. The minimum Gasteiger partial charge on any atom is -0.358 e. The Morgan fingerprint density at radius 1 is 1.38 bits per heavy atom. The molecule has 1 aromatic heterocycles. The molecule has 0 bridgehead atoms. The summed E-state index contributed by atoms with van der Waals surface area (Å²) in [6.45, 7) is 4.12. The fraction of sp³-hybridized carbons (Fsp3) is 0.312. The maximum Gasteiger partial charge on any atom is 0.389 e. The Hall–Kier alpha value is -3.21. The lowest BCUT2D eigenvalue weighted by Gasteiger charge is -2.26. The fourth-order valence-corrected chi connectivity index (χ4v) is 2.21. The van der Waals surface area contributed by atoms with E-state index < -0.39 is 4.92 Å². The van der Waals surface area contributed by atoms with E-state index in [1.54, 1.807) is 29.2 Å². The summed E-state index contributed by atoms with van der Waals surface area (Å²) in [6, 6.07) is 10.3. The second kappa shape index (κ2) is 7.37. The van der Waals surface area contributed by atoms with Crippen LogP contribution in [0.5, 0.6) is 0 Å². The first kappa shape index (κ1) is 17.1. The number of carbonyl (C=O) groups is 1. The Labute approximate surface area is 139 Å². The third-order valence-corrected chi connectivity index (χ3v) is 3.49. The van der Waals surface area contributed by atoms with Crippen molar-refractivity contribution in [2.75, 3.05) is 0 Å². The number of amides is 1. The van der Waals surface area contributed by atoms with Crippen molar-refractivity contribution in [2.45, 2.75) is 33.0 Å². The van der Waals surface area contributed by atoms with Crippen LogP contribution in [0.25, 0.3) is 0 Å². The van der Waals surface area contributed by atoms with E-state index in [1.807, 2.05) is 19.9 Å². The molecule has 0 aliphatic carbocycles. The molecule has 0 aliphatic rings. The molecular weight excluding hydrogens is 310 g/mol. The van der Waals surface area contributed by atoms with Crippen LogP contribution in [0, 0.1) is 21.4 Å². The first-order valence-corrected chi connectivity index (χ1v) is 7.37. The molecule has 0 saturated heterocycles. The molecule has 124 valence electrons. The molecule has 0 spiro atoms. The van der Waals surface area contributed by atoms with Crippen molar-refractivity contribution in [3.05, 3.63) is 57.8 Å². The normalized spacial score (nSPS) is 10.4. The number of nitrogens with zero attached hydrogens (tertiary/aromatic N) is 5. The van der Waals surface area contributed by atoms with Crippen LogP contribution in [0.15, 0.2) is 36.5 Å². The molecule has 8 nitrogen and oxygen atoms in total. The fourth-order valence-electron chi connectivity index (χ4n) is 2.21. The Kier molecular flexibility index (Phi) is 5.27. The first-order chi connectivity index (χ1) is 11.4. The molecule has 0 saturated carbocycles. The summed E-state index contributed by atoms with van der Waals surface area (Å²) < 4.78 is 1.26. The molecule has 0 fully saturated rings. The van der Waals surface area contributed by atoms with Gasteiger partial charge in [-0.15, -0.1) is 0 Å². The van der Waals surface area contributed by atoms with Crippen LogP contribution in [0.4, 0.5) is 5.82 Å². The lowest BCUT2D eigenvalue weighted by molar-refractivity contribution is -0.389. The van der Waals surface area contributed by atoms with E-state index in [-0.39, 0.29) is 24.3 Å². The van der Waals surface area contributed by atoms with Crippen molar-refractivity contribution in [3.63, 3.8) is 0 Å². The van der Waals surface area contributed by atoms with Gasteiger partial charge in [-0.05, 0) is 36.5 Å². The molecule has 1 aromatic carbocycles. The zero-order valence-corrected chi connectivity index (χ0v) is 13.4. The molecule has 1 heterocycles. The molecule has 24 heavy (non-hydrogen) atoms. The summed E-state index contributed by atoms with van der Waals surface area (Å²) in [6.07, 6.45) is 1.41. The van der Waals surface area contributed by atoms with Gasteiger partial charge in [0.25, 0.3) is 0 Å². The number of carbonyl (C=O) groups excluding carboxylic acids is 1. The highest BCUT2D eigenvalue weighted by Crippen LogP contribution is 2.12. The maximum atomic E-state index is 12.5. The van der Waals surface area contributed by atoms with Crippen LogP contribution >= 0.6 is 0 Å². The third-order valence-electron chi connectivity index (χ3n) is 3.49. The second-order valence-corrected chi connectivity index (χ2v) is 5.55. The molecule has 8 heteroatoms. The van der Waals surface area contributed by atoms with Crippen LogP contribution in [0.2, 0.25) is 0 Å². The molecule has 0 N–H and O–H groups in total. The lowest BCUT2D eigenvalue weighted by Crippen LogP contribution is -2.38. The highest BCUT2D eigenvalue weighted by molar-refractivity contribution is 5.76. The zero-order valence-electron chi connectivity index (χ0n) is 13.4. The molecule has 2 rings (SSSR count). The molecule has 0 atom stereocenters. The van der Waals surface area contributed by atoms with Gasteiger partial charge in [0.2, 0.25) is 5.91 Å². The SMILES string of the molecule is CC(C)N(Cc1ccc(C#N)cc1)C(=O)Cn1ccc([N+](=O)[O-])n1. The number of benzene rings is 1. The average molecular weight is 327 g/mol. The highest BCUT2D eigenvalue weighted by atomic mass is 16.6. The van der Waals surface area contributed by atoms with E-state index in [1.165, 1.54) is 16.9 Å². The Morgan fingerprint density at radius 3 is 2.54 bits per heavy atom. The van der Waals surface area contributed by atoms with Crippen molar-refractivity contribution in [1.29, 1.82) is 5.26 Å². The maximum absolute atomic E-state index is 12.5. The number of nitriles is 1. The Morgan fingerprint density at radius 2 is 2.04 bits per heavy atom. The first-order valence-electron chi connectivity index (χ1n) is 7.37. The van der Waals surface area contributed by atoms with Gasteiger partial charge >= 0.3 is 5.82 Å². The van der Waals surface area contributed by atoms with Crippen molar-refractivity contribution in [3.8, 4) is 6.07 Å². The van der Waals surface area contributed by atoms with Crippen molar-refractivity contribution < 1.29 is 9.72 Å². The Bertz CT molecular complexity index is 774. The van der Waals surface area contributed by atoms with E-state index in [4.69, 9.17) is 5.26 Å². The van der Waals surface area contributed by atoms with Crippen LogP contribution in [-0.4, -0.2) is 31.6 Å². The van der Waals surface area contributed by atoms with Gasteiger partial charge in [0, 0.05) is 12.6 Å². The van der Waals surface area contributed by atoms with E-state index in [9.17, 15) is 14.9 Å². The molecule has 0 radical (unpaired) electrons. The lowest BCUT2D eigenvalue weighted by atomic mass is 10.1. The third kappa shape index (κ3) is 4.16. The van der Waals surface area contributed by atoms with E-state index in [0.29, 0.717) is 12.1 Å². The van der Waals surface area contributed by atoms with E-state index >= 15 is 0 Å². The zero-order chi connectivity index (χ0) is 17.7. The standard InChI is InChI=1S/C16H17N5O3/c1-12(2)20(10-14-5-3-13(9-17)4-6-14)16(22)11-19-8-7-15(18-19)21(23)24/h3-8,12H,10-11H2,1-2H3. The predicted molar refractivity (Wildman–Crippen MR) is 85.7 cm³/mol. The molecular formula is C16H17N5O3. The Balaban J connectivity index is 2.09. The largest absolute Gasteiger partial charge is 0.389 e. The van der Waals surface area contributed by atoms with Gasteiger partial charge in [0.15, 0.2) is 0 Å². The number of nitro groups is 1.